The lowest BCUT2D eigenvalue weighted by atomic mass is 10.0. The van der Waals surface area contributed by atoms with E-state index in [4.69, 9.17) is 4.74 Å². The van der Waals surface area contributed by atoms with Gasteiger partial charge in [-0.2, -0.15) is 0 Å². The number of aliphatic imine (C=N–C) groups is 1. The predicted molar refractivity (Wildman–Crippen MR) is 141 cm³/mol. The van der Waals surface area contributed by atoms with Crippen LogP contribution in [0.4, 0.5) is 5.69 Å². The number of hydrogen-bond donors (Lipinski definition) is 1. The van der Waals surface area contributed by atoms with Crippen LogP contribution in [-0.2, 0) is 11.4 Å². The van der Waals surface area contributed by atoms with Crippen molar-refractivity contribution < 1.29 is 9.53 Å². The van der Waals surface area contributed by atoms with Crippen molar-refractivity contribution in [3.8, 4) is 5.75 Å². The molecule has 0 spiro atoms. The van der Waals surface area contributed by atoms with Crippen LogP contribution in [0.15, 0.2) is 94.8 Å². The number of ether oxygens (including phenoxy) is 1. The van der Waals surface area contributed by atoms with Crippen molar-refractivity contribution in [3.63, 3.8) is 0 Å². The van der Waals surface area contributed by atoms with Gasteiger partial charge >= 0.3 is 0 Å². The average Bonchev–Trinajstić information content (AvgIpc) is 3.19. The molecule has 0 bridgehead atoms. The lowest BCUT2D eigenvalue weighted by molar-refractivity contribution is -0.115. The minimum absolute atomic E-state index is 0.159. The zero-order chi connectivity index (χ0) is 23.5. The van der Waals surface area contributed by atoms with Gasteiger partial charge in [-0.3, -0.25) is 4.79 Å². The molecule has 0 saturated carbocycles. The summed E-state index contributed by atoms with van der Waals surface area (Å²) >= 11 is 1.34. The van der Waals surface area contributed by atoms with Crippen LogP contribution in [-0.4, -0.2) is 11.1 Å². The van der Waals surface area contributed by atoms with Crippen LogP contribution in [0.1, 0.15) is 22.3 Å². The monoisotopic (exact) mass is 464 g/mol. The summed E-state index contributed by atoms with van der Waals surface area (Å²) < 4.78 is 6.23. The van der Waals surface area contributed by atoms with Crippen molar-refractivity contribution in [3.05, 3.63) is 112 Å². The second-order valence-electron chi connectivity index (χ2n) is 8.29. The normalized spacial score (nSPS) is 15.8. The molecule has 1 N–H and O–H groups in total. The molecular weight excluding hydrogens is 440 g/mol. The zero-order valence-corrected chi connectivity index (χ0v) is 19.9. The Bertz CT molecular complexity index is 1420. The van der Waals surface area contributed by atoms with Crippen LogP contribution < -0.4 is 10.1 Å². The fourth-order valence-electron chi connectivity index (χ4n) is 3.74. The first-order valence-electron chi connectivity index (χ1n) is 11.1. The molecule has 0 radical (unpaired) electrons. The third-order valence-electron chi connectivity index (χ3n) is 5.64. The van der Waals surface area contributed by atoms with Crippen molar-refractivity contribution in [1.29, 1.82) is 0 Å². The molecule has 5 rings (SSSR count). The lowest BCUT2D eigenvalue weighted by Gasteiger charge is -2.13. The number of fused-ring (bicyclic) bond motifs is 1. The Hall–Kier alpha value is -3.83. The third-order valence-corrected chi connectivity index (χ3v) is 6.55. The van der Waals surface area contributed by atoms with Gasteiger partial charge in [0.25, 0.3) is 5.91 Å². The standard InChI is InChI=1S/C29H24N2O2S/c1-19-7-11-21(12-8-19)18-33-26-16-13-22-5-3-4-6-24(22)25(26)17-27-28(32)31-29(34-27)30-23-14-9-20(2)10-15-23/h3-17H,18H2,1-2H3,(H,30,31,32)/b27-17-. The molecule has 0 unspecified atom stereocenters. The van der Waals surface area contributed by atoms with Crippen LogP contribution in [0.25, 0.3) is 16.8 Å². The number of carbonyl (C=O) groups excluding carboxylic acids is 1. The molecule has 168 valence electrons. The van der Waals surface area contributed by atoms with Gasteiger partial charge in [0.2, 0.25) is 0 Å². The Kier molecular flexibility index (Phi) is 6.19. The number of nitrogens with zero attached hydrogens (tertiary/aromatic N) is 1. The Labute approximate surface area is 203 Å². The van der Waals surface area contributed by atoms with Crippen LogP contribution in [0.5, 0.6) is 5.75 Å². The van der Waals surface area contributed by atoms with Crippen LogP contribution in [0.3, 0.4) is 0 Å². The van der Waals surface area contributed by atoms with Gasteiger partial charge in [0.15, 0.2) is 5.17 Å². The average molecular weight is 465 g/mol. The van der Waals surface area contributed by atoms with E-state index in [1.165, 1.54) is 22.9 Å². The van der Waals surface area contributed by atoms with E-state index in [1.807, 2.05) is 61.5 Å². The Morgan fingerprint density at radius 2 is 1.59 bits per heavy atom. The second kappa shape index (κ2) is 9.57. The first-order chi connectivity index (χ1) is 16.5. The Morgan fingerprint density at radius 1 is 0.882 bits per heavy atom. The number of thioether (sulfide) groups is 1. The summed E-state index contributed by atoms with van der Waals surface area (Å²) in [5, 5.41) is 5.58. The summed E-state index contributed by atoms with van der Waals surface area (Å²) in [4.78, 5) is 17.9. The number of hydrogen-bond acceptors (Lipinski definition) is 4. The van der Waals surface area contributed by atoms with Gasteiger partial charge in [0, 0.05) is 5.56 Å². The molecule has 1 heterocycles. The van der Waals surface area contributed by atoms with Gasteiger partial charge in [-0.1, -0.05) is 77.9 Å². The maximum atomic E-state index is 12.8. The maximum absolute atomic E-state index is 12.8. The highest BCUT2D eigenvalue weighted by Crippen LogP contribution is 2.35. The van der Waals surface area contributed by atoms with Gasteiger partial charge in [-0.25, -0.2) is 4.99 Å². The topological polar surface area (TPSA) is 50.7 Å². The summed E-state index contributed by atoms with van der Waals surface area (Å²) in [7, 11) is 0. The number of benzene rings is 4. The minimum Gasteiger partial charge on any atom is -0.488 e. The summed E-state index contributed by atoms with van der Waals surface area (Å²) in [6.07, 6.45) is 1.91. The number of amidine groups is 1. The number of aryl methyl sites for hydroxylation is 2. The van der Waals surface area contributed by atoms with Crippen molar-refractivity contribution in [2.75, 3.05) is 0 Å². The molecule has 4 nitrogen and oxygen atoms in total. The predicted octanol–water partition coefficient (Wildman–Crippen LogP) is 6.93. The number of nitrogens with one attached hydrogen (secondary N) is 1. The summed E-state index contributed by atoms with van der Waals surface area (Å²) in [5.74, 6) is 0.581. The number of carbonyl (C=O) groups is 1. The highest BCUT2D eigenvalue weighted by atomic mass is 32.2. The van der Waals surface area contributed by atoms with Crippen molar-refractivity contribution >= 4 is 45.4 Å². The first kappa shape index (κ1) is 22.0. The fraction of sp³-hybridized carbons (Fsp3) is 0.103. The van der Waals surface area contributed by atoms with Gasteiger partial charge in [-0.15, -0.1) is 0 Å². The number of amides is 1. The second-order valence-corrected chi connectivity index (χ2v) is 9.32. The molecule has 1 amide bonds. The molecule has 1 saturated heterocycles. The summed E-state index contributed by atoms with van der Waals surface area (Å²) in [5.41, 5.74) is 5.17. The van der Waals surface area contributed by atoms with E-state index in [0.717, 1.165) is 33.3 Å². The summed E-state index contributed by atoms with van der Waals surface area (Å²) in [6.45, 7) is 4.56. The van der Waals surface area contributed by atoms with Crippen molar-refractivity contribution in [2.45, 2.75) is 20.5 Å². The van der Waals surface area contributed by atoms with E-state index in [9.17, 15) is 4.79 Å². The van der Waals surface area contributed by atoms with E-state index in [-0.39, 0.29) is 5.91 Å². The van der Waals surface area contributed by atoms with E-state index in [2.05, 4.69) is 53.6 Å². The van der Waals surface area contributed by atoms with Crippen molar-refractivity contribution in [1.82, 2.24) is 5.32 Å². The van der Waals surface area contributed by atoms with Crippen molar-refractivity contribution in [2.24, 2.45) is 4.99 Å². The van der Waals surface area contributed by atoms with E-state index >= 15 is 0 Å². The van der Waals surface area contributed by atoms with Gasteiger partial charge in [-0.05, 0) is 66.2 Å². The van der Waals surface area contributed by atoms with E-state index in [1.54, 1.807) is 0 Å². The first-order valence-corrected chi connectivity index (χ1v) is 11.9. The lowest BCUT2D eigenvalue weighted by Crippen LogP contribution is -2.19. The Balaban J connectivity index is 1.47. The van der Waals surface area contributed by atoms with Crippen LogP contribution in [0.2, 0.25) is 0 Å². The van der Waals surface area contributed by atoms with Gasteiger partial charge < -0.3 is 10.1 Å². The number of rotatable bonds is 5. The molecule has 1 aliphatic heterocycles. The van der Waals surface area contributed by atoms with Crippen LogP contribution >= 0.6 is 11.8 Å². The Morgan fingerprint density at radius 3 is 2.35 bits per heavy atom. The molecule has 0 aromatic heterocycles. The van der Waals surface area contributed by atoms with Crippen LogP contribution in [0, 0.1) is 13.8 Å². The molecule has 5 heteroatoms. The fourth-order valence-corrected chi connectivity index (χ4v) is 4.57. The van der Waals surface area contributed by atoms with Gasteiger partial charge in [0.05, 0.1) is 10.6 Å². The third kappa shape index (κ3) is 4.90. The minimum atomic E-state index is -0.159. The van der Waals surface area contributed by atoms with E-state index < -0.39 is 0 Å². The molecule has 0 aliphatic carbocycles. The molecule has 0 atom stereocenters. The molecule has 1 fully saturated rings. The molecule has 34 heavy (non-hydrogen) atoms. The highest BCUT2D eigenvalue weighted by Gasteiger charge is 2.25. The molecule has 4 aromatic rings. The molecule has 1 aliphatic rings. The smallest absolute Gasteiger partial charge is 0.264 e. The summed E-state index contributed by atoms with van der Waals surface area (Å²) in [6, 6.07) is 28.4. The molecular formula is C29H24N2O2S. The molecule has 4 aromatic carbocycles. The van der Waals surface area contributed by atoms with E-state index in [0.29, 0.717) is 16.7 Å². The van der Waals surface area contributed by atoms with Gasteiger partial charge in [0.1, 0.15) is 12.4 Å². The quantitative estimate of drug-likeness (QED) is 0.326. The largest absolute Gasteiger partial charge is 0.488 e. The SMILES string of the molecule is Cc1ccc(COc2ccc3ccccc3c2/C=C2\SC(=Nc3ccc(C)cc3)NC2=O)cc1. The zero-order valence-electron chi connectivity index (χ0n) is 19.0. The highest BCUT2D eigenvalue weighted by molar-refractivity contribution is 8.18. The maximum Gasteiger partial charge on any atom is 0.264 e.